The van der Waals surface area contributed by atoms with Crippen molar-refractivity contribution in [3.05, 3.63) is 102 Å². The molecule has 0 bridgehead atoms. The summed E-state index contributed by atoms with van der Waals surface area (Å²) in [6.07, 6.45) is 3.83. The number of hydrogen-bond donors (Lipinski definition) is 4. The van der Waals surface area contributed by atoms with Crippen LogP contribution >= 0.6 is 0 Å². The van der Waals surface area contributed by atoms with Gasteiger partial charge in [0.1, 0.15) is 36.1 Å². The number of imidazole rings is 2. The van der Waals surface area contributed by atoms with E-state index < -0.39 is 24.3 Å². The lowest BCUT2D eigenvalue weighted by Gasteiger charge is -2.31. The van der Waals surface area contributed by atoms with Gasteiger partial charge in [-0.25, -0.2) is 19.6 Å². The summed E-state index contributed by atoms with van der Waals surface area (Å²) in [5.74, 6) is 2.17. The number of carbonyl (C=O) groups is 4. The summed E-state index contributed by atoms with van der Waals surface area (Å²) < 4.78 is 16.1. The predicted octanol–water partition coefficient (Wildman–Crippen LogP) is 7.47. The van der Waals surface area contributed by atoms with Crippen LogP contribution in [-0.4, -0.2) is 86.6 Å². The highest BCUT2D eigenvalue weighted by molar-refractivity contribution is 6.07. The van der Waals surface area contributed by atoms with Crippen molar-refractivity contribution in [2.45, 2.75) is 76.3 Å². The van der Waals surface area contributed by atoms with Gasteiger partial charge in [0.05, 0.1) is 49.2 Å². The van der Waals surface area contributed by atoms with Gasteiger partial charge in [-0.3, -0.25) is 9.59 Å². The number of alkyl carbamates (subject to hydrolysis) is 2. The number of hydrogen-bond acceptors (Lipinski definition) is 9. The van der Waals surface area contributed by atoms with Crippen molar-refractivity contribution in [3.8, 4) is 28.1 Å². The van der Waals surface area contributed by atoms with E-state index in [1.807, 2.05) is 55.1 Å². The van der Waals surface area contributed by atoms with E-state index in [9.17, 15) is 19.2 Å². The van der Waals surface area contributed by atoms with Crippen molar-refractivity contribution < 1.29 is 33.4 Å². The molecule has 1 aliphatic carbocycles. The van der Waals surface area contributed by atoms with E-state index in [0.717, 1.165) is 87.0 Å². The number of rotatable bonds is 9. The largest absolute Gasteiger partial charge is 0.488 e. The maximum Gasteiger partial charge on any atom is 0.407 e. The molecule has 0 spiro atoms. The zero-order chi connectivity index (χ0) is 42.8. The maximum atomic E-state index is 14.0. The van der Waals surface area contributed by atoms with Gasteiger partial charge >= 0.3 is 12.2 Å². The fraction of sp³-hybridized carbons (Fsp3) is 0.362. The third-order valence-electron chi connectivity index (χ3n) is 13.0. The molecule has 1 saturated carbocycles. The van der Waals surface area contributed by atoms with Gasteiger partial charge in [-0.05, 0) is 89.4 Å². The third-order valence-corrected chi connectivity index (χ3v) is 13.0. The maximum absolute atomic E-state index is 14.0. The monoisotopic (exact) mass is 836 g/mol. The summed E-state index contributed by atoms with van der Waals surface area (Å²) >= 11 is 0. The molecule has 6 atom stereocenters. The Morgan fingerprint density at radius 2 is 1.66 bits per heavy atom. The molecular formula is C47H48N8O7. The van der Waals surface area contributed by atoms with Crippen LogP contribution in [0.1, 0.15) is 80.4 Å². The van der Waals surface area contributed by atoms with Crippen molar-refractivity contribution in [3.63, 3.8) is 0 Å². The van der Waals surface area contributed by atoms with Gasteiger partial charge in [0, 0.05) is 23.5 Å². The Bertz CT molecular complexity index is 2750. The second kappa shape index (κ2) is 15.5. The zero-order valence-electron chi connectivity index (χ0n) is 34.9. The molecular weight excluding hydrogens is 789 g/mol. The highest BCUT2D eigenvalue weighted by atomic mass is 16.5. The van der Waals surface area contributed by atoms with Crippen LogP contribution in [0.5, 0.6) is 5.75 Å². The van der Waals surface area contributed by atoms with Crippen LogP contribution in [0.2, 0.25) is 0 Å². The average molecular weight is 837 g/mol. The Labute approximate surface area is 357 Å². The molecule has 3 aliphatic heterocycles. The Morgan fingerprint density at radius 3 is 2.45 bits per heavy atom. The minimum Gasteiger partial charge on any atom is -0.488 e. The second-order valence-corrected chi connectivity index (χ2v) is 17.1. The molecule has 2 saturated heterocycles. The number of fused-ring (bicyclic) bond motifs is 7. The van der Waals surface area contributed by atoms with Crippen LogP contribution in [0.25, 0.3) is 44.2 Å². The number of aromatic nitrogens is 4. The molecule has 3 fully saturated rings. The van der Waals surface area contributed by atoms with Gasteiger partial charge in [0.25, 0.3) is 5.91 Å². The van der Waals surface area contributed by atoms with E-state index in [0.29, 0.717) is 30.5 Å². The van der Waals surface area contributed by atoms with Crippen molar-refractivity contribution in [1.82, 2.24) is 40.4 Å². The van der Waals surface area contributed by atoms with E-state index in [1.165, 1.54) is 14.2 Å². The van der Waals surface area contributed by atoms with Gasteiger partial charge < -0.3 is 44.6 Å². The summed E-state index contributed by atoms with van der Waals surface area (Å²) in [4.78, 5) is 73.1. The summed E-state index contributed by atoms with van der Waals surface area (Å²) in [6, 6.07) is 21.9. The van der Waals surface area contributed by atoms with E-state index >= 15 is 0 Å². The predicted molar refractivity (Wildman–Crippen MR) is 230 cm³/mol. The summed E-state index contributed by atoms with van der Waals surface area (Å²) in [6.45, 7) is 4.76. The SMILES string of the molecule is COC(=O)N[C@H](C(=O)N1[C@@H]2CC2C[C@H]1c1nc2c(ccc3cc4c(cc32)OCc2cc(-c3cnc([C@@H]5CCCN5C(=O)[C@H](NC(=O)OC)c5ccccc5)[nH]3)ccc2-4)[nH]1)C(C)C. The van der Waals surface area contributed by atoms with Crippen molar-refractivity contribution in [2.24, 2.45) is 11.8 Å². The molecule has 4 N–H and O–H groups in total. The fourth-order valence-corrected chi connectivity index (χ4v) is 9.75. The van der Waals surface area contributed by atoms with Gasteiger partial charge in [-0.2, -0.15) is 0 Å². The molecule has 15 nitrogen and oxygen atoms in total. The first-order valence-electron chi connectivity index (χ1n) is 21.2. The molecule has 2 aromatic heterocycles. The first-order chi connectivity index (χ1) is 30.1. The van der Waals surface area contributed by atoms with Gasteiger partial charge in [-0.15, -0.1) is 0 Å². The number of aromatic amines is 2. The van der Waals surface area contributed by atoms with Gasteiger partial charge in [0.2, 0.25) is 5.91 Å². The van der Waals surface area contributed by atoms with Crippen LogP contribution in [0.15, 0.2) is 79.0 Å². The van der Waals surface area contributed by atoms with Crippen LogP contribution in [0, 0.1) is 11.8 Å². The molecule has 62 heavy (non-hydrogen) atoms. The van der Waals surface area contributed by atoms with Crippen molar-refractivity contribution >= 4 is 45.8 Å². The molecule has 318 valence electrons. The highest BCUT2D eigenvalue weighted by Gasteiger charge is 2.56. The van der Waals surface area contributed by atoms with Gasteiger partial charge in [-0.1, -0.05) is 62.4 Å². The molecule has 6 aromatic rings. The number of likely N-dealkylation sites (tertiary alicyclic amines) is 2. The third kappa shape index (κ3) is 6.85. The number of benzene rings is 4. The molecule has 4 aliphatic rings. The lowest BCUT2D eigenvalue weighted by molar-refractivity contribution is -0.137. The molecule has 15 heteroatoms. The Balaban J connectivity index is 0.896. The number of H-pyrrole nitrogens is 2. The molecule has 1 unspecified atom stereocenters. The number of nitrogens with zero attached hydrogens (tertiary/aromatic N) is 4. The smallest absolute Gasteiger partial charge is 0.407 e. The van der Waals surface area contributed by atoms with Crippen LogP contribution in [0.3, 0.4) is 0 Å². The Kier molecular flexibility index (Phi) is 9.83. The summed E-state index contributed by atoms with van der Waals surface area (Å²) in [7, 11) is 2.58. The lowest BCUT2D eigenvalue weighted by Crippen LogP contribution is -2.52. The number of nitrogens with one attached hydrogen (secondary N) is 4. The average Bonchev–Trinajstić information content (AvgIpc) is 3.81. The molecule has 5 heterocycles. The number of carbonyl (C=O) groups excluding carboxylic acids is 4. The minimum atomic E-state index is -0.894. The van der Waals surface area contributed by atoms with Crippen molar-refractivity contribution in [1.29, 1.82) is 0 Å². The topological polar surface area (TPSA) is 184 Å². The van der Waals surface area contributed by atoms with Crippen LogP contribution in [-0.2, 0) is 25.7 Å². The molecule has 4 aromatic carbocycles. The molecule has 0 radical (unpaired) electrons. The van der Waals surface area contributed by atoms with Gasteiger partial charge in [0.15, 0.2) is 0 Å². The normalized spacial score (nSPS) is 20.9. The fourth-order valence-electron chi connectivity index (χ4n) is 9.75. The number of piperidine rings is 1. The number of amides is 4. The highest BCUT2D eigenvalue weighted by Crippen LogP contribution is 2.54. The van der Waals surface area contributed by atoms with E-state index in [-0.39, 0.29) is 35.9 Å². The van der Waals surface area contributed by atoms with E-state index in [1.54, 1.807) is 11.1 Å². The zero-order valence-corrected chi connectivity index (χ0v) is 34.9. The molecule has 4 amide bonds. The minimum absolute atomic E-state index is 0.112. The first kappa shape index (κ1) is 39.2. The number of ether oxygens (including phenoxy) is 3. The summed E-state index contributed by atoms with van der Waals surface area (Å²) in [5.41, 5.74) is 7.26. The Morgan fingerprint density at radius 1 is 0.855 bits per heavy atom. The molecule has 10 rings (SSSR count). The van der Waals surface area contributed by atoms with Crippen molar-refractivity contribution in [2.75, 3.05) is 20.8 Å². The number of methoxy groups -OCH3 is 2. The van der Waals surface area contributed by atoms with E-state index in [4.69, 9.17) is 24.2 Å². The first-order valence-corrected chi connectivity index (χ1v) is 21.2. The van der Waals surface area contributed by atoms with Crippen LogP contribution in [0.4, 0.5) is 9.59 Å². The lowest BCUT2D eigenvalue weighted by atomic mass is 9.92. The standard InChI is InChI=1S/C47H48N8O7/c1-24(2)39(52-46(58)60-3)45(57)55-36-19-28(36)20-37(55)43-49-33-15-13-26-18-32-30-14-12-27(17-29(30)23-62-38(32)21-31(26)41(33)51-43)34-22-48-42(50-34)35-11-8-16-54(35)44(56)40(53-47(59)61-4)25-9-6-5-7-10-25/h5-7,9-10,12-15,17-18,21-22,24,28,35-37,39-40H,8,11,16,19-20,23H2,1-4H3,(H,48,50)(H,49,51)(H,52,58)(H,53,59)/t28?,35-,36+,37-,39-,40+/m0/s1. The second-order valence-electron chi connectivity index (χ2n) is 17.1. The van der Waals surface area contributed by atoms with Crippen LogP contribution < -0.4 is 15.4 Å². The quantitative estimate of drug-likeness (QED) is 0.115. The van der Waals surface area contributed by atoms with E-state index in [2.05, 4.69) is 57.0 Å². The Hall–Kier alpha value is -6.90. The summed E-state index contributed by atoms with van der Waals surface area (Å²) in [5, 5.41) is 7.45.